The Labute approximate surface area is 202 Å². The van der Waals surface area contributed by atoms with Gasteiger partial charge in [-0.25, -0.2) is 0 Å². The van der Waals surface area contributed by atoms with E-state index in [9.17, 15) is 9.59 Å². The molecule has 0 aliphatic heterocycles. The number of likely N-dealkylation sites (N-methyl/N-ethyl adjacent to an activating group) is 1. The fourth-order valence-corrected chi connectivity index (χ4v) is 3.80. The van der Waals surface area contributed by atoms with Gasteiger partial charge in [-0.1, -0.05) is 77.9 Å². The molecule has 0 saturated heterocycles. The fourth-order valence-electron chi connectivity index (χ4n) is 3.80. The van der Waals surface area contributed by atoms with Gasteiger partial charge in [0.25, 0.3) is 0 Å². The van der Waals surface area contributed by atoms with Crippen LogP contribution < -0.4 is 10.1 Å². The van der Waals surface area contributed by atoms with Crippen molar-refractivity contribution in [1.29, 1.82) is 0 Å². The van der Waals surface area contributed by atoms with Crippen LogP contribution in [-0.2, 0) is 22.6 Å². The number of carbonyl (C=O) groups is 2. The molecule has 0 unspecified atom stereocenters. The number of carbonyl (C=O) groups excluding carboxylic acids is 2. The third-order valence-electron chi connectivity index (χ3n) is 5.82. The van der Waals surface area contributed by atoms with Crippen molar-refractivity contribution in [2.45, 2.75) is 45.7 Å². The average molecular weight is 459 g/mol. The van der Waals surface area contributed by atoms with Crippen molar-refractivity contribution in [2.24, 2.45) is 0 Å². The monoisotopic (exact) mass is 458 g/mol. The molecule has 3 aromatic carbocycles. The van der Waals surface area contributed by atoms with Crippen LogP contribution in [0.1, 0.15) is 35.1 Å². The Morgan fingerprint density at radius 2 is 1.47 bits per heavy atom. The van der Waals surface area contributed by atoms with Crippen LogP contribution in [0.3, 0.4) is 0 Å². The molecule has 0 aliphatic rings. The van der Waals surface area contributed by atoms with Gasteiger partial charge in [-0.3, -0.25) is 9.59 Å². The summed E-state index contributed by atoms with van der Waals surface area (Å²) in [4.78, 5) is 28.0. The second-order valence-electron chi connectivity index (χ2n) is 8.59. The van der Waals surface area contributed by atoms with Crippen molar-refractivity contribution in [3.05, 3.63) is 101 Å². The highest BCUT2D eigenvalue weighted by atomic mass is 16.5. The zero-order valence-electron chi connectivity index (χ0n) is 20.3. The molecule has 0 heterocycles. The number of hydrogen-bond acceptors (Lipinski definition) is 3. The quantitative estimate of drug-likeness (QED) is 0.418. The van der Waals surface area contributed by atoms with Crippen molar-refractivity contribution in [1.82, 2.24) is 10.2 Å². The van der Waals surface area contributed by atoms with Gasteiger partial charge in [0.1, 0.15) is 11.8 Å². The molecule has 0 fully saturated rings. The molecular weight excluding hydrogens is 424 g/mol. The van der Waals surface area contributed by atoms with Crippen molar-refractivity contribution < 1.29 is 14.3 Å². The Morgan fingerprint density at radius 3 is 2.09 bits per heavy atom. The lowest BCUT2D eigenvalue weighted by molar-refractivity contribution is -0.141. The number of aryl methyl sites for hydroxylation is 2. The van der Waals surface area contributed by atoms with E-state index in [2.05, 4.69) is 5.32 Å². The molecule has 178 valence electrons. The van der Waals surface area contributed by atoms with Gasteiger partial charge < -0.3 is 15.0 Å². The van der Waals surface area contributed by atoms with Crippen molar-refractivity contribution in [2.75, 3.05) is 13.7 Å². The largest absolute Gasteiger partial charge is 0.494 e. The zero-order chi connectivity index (χ0) is 24.3. The van der Waals surface area contributed by atoms with Crippen LogP contribution in [0.25, 0.3) is 0 Å². The lowest BCUT2D eigenvalue weighted by atomic mass is 10.0. The molecule has 3 rings (SSSR count). The molecule has 34 heavy (non-hydrogen) atoms. The van der Waals surface area contributed by atoms with E-state index in [0.717, 1.165) is 22.4 Å². The summed E-state index contributed by atoms with van der Waals surface area (Å²) in [6.07, 6.45) is 1.33. The Morgan fingerprint density at radius 1 is 0.853 bits per heavy atom. The third kappa shape index (κ3) is 7.48. The second kappa shape index (κ2) is 12.6. The Hall–Kier alpha value is -3.60. The van der Waals surface area contributed by atoms with Crippen LogP contribution in [-0.4, -0.2) is 36.4 Å². The van der Waals surface area contributed by atoms with Gasteiger partial charge in [0.05, 0.1) is 6.61 Å². The highest BCUT2D eigenvalue weighted by Crippen LogP contribution is 2.17. The first-order valence-electron chi connectivity index (χ1n) is 11.8. The van der Waals surface area contributed by atoms with Crippen LogP contribution >= 0.6 is 0 Å². The molecule has 1 N–H and O–H groups in total. The van der Waals surface area contributed by atoms with Crippen LogP contribution in [0.2, 0.25) is 0 Å². The first-order chi connectivity index (χ1) is 16.5. The topological polar surface area (TPSA) is 58.6 Å². The molecule has 0 bridgehead atoms. The summed E-state index contributed by atoms with van der Waals surface area (Å²) in [7, 11) is 1.62. The highest BCUT2D eigenvalue weighted by Gasteiger charge is 2.29. The normalized spacial score (nSPS) is 11.5. The van der Waals surface area contributed by atoms with Crippen molar-refractivity contribution in [3.8, 4) is 5.75 Å². The van der Waals surface area contributed by atoms with E-state index in [1.54, 1.807) is 11.9 Å². The first kappa shape index (κ1) is 25.0. The average Bonchev–Trinajstić information content (AvgIpc) is 2.86. The SMILES string of the molecule is CNC(=O)[C@@H](Cc1ccccc1)N(Cc1ccc(C)cc1)C(=O)CCCOc1ccc(C)cc1. The number of nitrogens with one attached hydrogen (secondary N) is 1. The molecule has 1 atom stereocenters. The summed E-state index contributed by atoms with van der Waals surface area (Å²) in [6.45, 7) is 4.88. The molecule has 0 spiro atoms. The summed E-state index contributed by atoms with van der Waals surface area (Å²) in [6, 6.07) is 25.2. The fraction of sp³-hybridized carbons (Fsp3) is 0.310. The van der Waals surface area contributed by atoms with Gasteiger partial charge in [0.15, 0.2) is 0 Å². The maximum Gasteiger partial charge on any atom is 0.242 e. The molecule has 0 saturated carbocycles. The highest BCUT2D eigenvalue weighted by molar-refractivity contribution is 5.87. The van der Waals surface area contributed by atoms with E-state index in [1.165, 1.54) is 5.56 Å². The number of hydrogen-bond donors (Lipinski definition) is 1. The minimum atomic E-state index is -0.598. The van der Waals surface area contributed by atoms with E-state index in [-0.39, 0.29) is 11.8 Å². The number of ether oxygens (including phenoxy) is 1. The van der Waals surface area contributed by atoms with Gasteiger partial charge >= 0.3 is 0 Å². The van der Waals surface area contributed by atoms with Gasteiger partial charge in [0, 0.05) is 26.4 Å². The van der Waals surface area contributed by atoms with Crippen LogP contribution in [0, 0.1) is 13.8 Å². The third-order valence-corrected chi connectivity index (χ3v) is 5.82. The Bertz CT molecular complexity index is 1050. The molecule has 0 aromatic heterocycles. The smallest absolute Gasteiger partial charge is 0.242 e. The van der Waals surface area contributed by atoms with E-state index in [4.69, 9.17) is 4.74 Å². The van der Waals surface area contributed by atoms with E-state index >= 15 is 0 Å². The van der Waals surface area contributed by atoms with Crippen molar-refractivity contribution in [3.63, 3.8) is 0 Å². The molecule has 5 nitrogen and oxygen atoms in total. The summed E-state index contributed by atoms with van der Waals surface area (Å²) in [5.41, 5.74) is 4.34. The number of amides is 2. The molecule has 2 amide bonds. The summed E-state index contributed by atoms with van der Waals surface area (Å²) < 4.78 is 5.80. The zero-order valence-corrected chi connectivity index (χ0v) is 20.3. The predicted octanol–water partition coefficient (Wildman–Crippen LogP) is 4.85. The number of nitrogens with zero attached hydrogens (tertiary/aromatic N) is 1. The van der Waals surface area contributed by atoms with Gasteiger partial charge in [-0.2, -0.15) is 0 Å². The van der Waals surface area contributed by atoms with Gasteiger partial charge in [-0.05, 0) is 43.5 Å². The standard InChI is InChI=1S/C29H34N2O3/c1-22-11-15-25(16-12-22)21-31(27(29(33)30-3)20-24-8-5-4-6-9-24)28(32)10-7-19-34-26-17-13-23(2)14-18-26/h4-6,8-9,11-18,27H,7,10,19-21H2,1-3H3,(H,30,33)/t27-/m1/s1. The first-order valence-corrected chi connectivity index (χ1v) is 11.8. The maximum absolute atomic E-state index is 13.4. The van der Waals surface area contributed by atoms with Crippen LogP contribution in [0.4, 0.5) is 0 Å². The minimum Gasteiger partial charge on any atom is -0.494 e. The van der Waals surface area contributed by atoms with E-state index in [0.29, 0.717) is 32.4 Å². The number of benzene rings is 3. The summed E-state index contributed by atoms with van der Waals surface area (Å²) in [5.74, 6) is 0.569. The van der Waals surface area contributed by atoms with Gasteiger partial charge in [-0.15, -0.1) is 0 Å². The summed E-state index contributed by atoms with van der Waals surface area (Å²) in [5, 5.41) is 2.75. The molecule has 3 aromatic rings. The van der Waals surface area contributed by atoms with Crippen LogP contribution in [0.5, 0.6) is 5.75 Å². The molecule has 0 aliphatic carbocycles. The Balaban J connectivity index is 1.73. The lowest BCUT2D eigenvalue weighted by Crippen LogP contribution is -2.49. The lowest BCUT2D eigenvalue weighted by Gasteiger charge is -2.31. The molecular formula is C29H34N2O3. The predicted molar refractivity (Wildman–Crippen MR) is 136 cm³/mol. The molecule has 5 heteroatoms. The number of rotatable bonds is 11. The summed E-state index contributed by atoms with van der Waals surface area (Å²) >= 11 is 0. The van der Waals surface area contributed by atoms with Crippen molar-refractivity contribution >= 4 is 11.8 Å². The second-order valence-corrected chi connectivity index (χ2v) is 8.59. The van der Waals surface area contributed by atoms with Crippen LogP contribution in [0.15, 0.2) is 78.9 Å². The maximum atomic E-state index is 13.4. The van der Waals surface area contributed by atoms with E-state index in [1.807, 2.05) is 92.7 Å². The molecule has 0 radical (unpaired) electrons. The minimum absolute atomic E-state index is 0.0578. The van der Waals surface area contributed by atoms with E-state index < -0.39 is 6.04 Å². The van der Waals surface area contributed by atoms with Gasteiger partial charge in [0.2, 0.25) is 11.8 Å². The Kier molecular flexibility index (Phi) is 9.27.